The molecule has 3 aromatic rings. The van der Waals surface area contributed by atoms with Crippen molar-refractivity contribution in [3.63, 3.8) is 0 Å². The molecule has 1 amide bonds. The van der Waals surface area contributed by atoms with E-state index in [1.807, 2.05) is 48.2 Å². The second-order valence-electron chi connectivity index (χ2n) is 8.25. The SMILES string of the molecule is CCOc1ccc(-c2cc(C(=O)N3CCN(c4ccc(N5CCOCC5)nn4)CC3)[nH]n2)cc1. The van der Waals surface area contributed by atoms with Gasteiger partial charge in [-0.25, -0.2) is 0 Å². The number of ether oxygens (including phenoxy) is 2. The van der Waals surface area contributed by atoms with Crippen LogP contribution in [0.25, 0.3) is 11.3 Å². The lowest BCUT2D eigenvalue weighted by Crippen LogP contribution is -2.49. The van der Waals surface area contributed by atoms with Crippen LogP contribution in [0.4, 0.5) is 11.6 Å². The Balaban J connectivity index is 1.17. The molecule has 10 nitrogen and oxygen atoms in total. The summed E-state index contributed by atoms with van der Waals surface area (Å²) in [5, 5.41) is 16.1. The number of rotatable bonds is 6. The standard InChI is InChI=1S/C24H29N7O3/c1-2-34-19-5-3-18(4-6-19)20-17-21(26-25-20)24(32)31-11-9-29(10-12-31)22-7-8-23(28-27-22)30-13-15-33-16-14-30/h3-8,17H,2,9-16H2,1H3,(H,25,26). The fourth-order valence-corrected chi connectivity index (χ4v) is 4.22. The molecule has 2 aromatic heterocycles. The highest BCUT2D eigenvalue weighted by molar-refractivity contribution is 5.93. The number of carbonyl (C=O) groups excluding carboxylic acids is 1. The van der Waals surface area contributed by atoms with Gasteiger partial charge in [-0.2, -0.15) is 5.10 Å². The molecular formula is C24H29N7O3. The summed E-state index contributed by atoms with van der Waals surface area (Å²) in [6.45, 7) is 8.33. The Hall–Kier alpha value is -3.66. The van der Waals surface area contributed by atoms with Crippen molar-refractivity contribution in [1.29, 1.82) is 0 Å². The summed E-state index contributed by atoms with van der Waals surface area (Å²) >= 11 is 0. The van der Waals surface area contributed by atoms with Crippen LogP contribution in [0, 0.1) is 0 Å². The lowest BCUT2D eigenvalue weighted by atomic mass is 10.1. The van der Waals surface area contributed by atoms with Gasteiger partial charge in [0, 0.05) is 44.8 Å². The molecule has 0 unspecified atom stereocenters. The van der Waals surface area contributed by atoms with E-state index >= 15 is 0 Å². The second-order valence-corrected chi connectivity index (χ2v) is 8.25. The third-order valence-electron chi connectivity index (χ3n) is 6.13. The number of carbonyl (C=O) groups is 1. The molecule has 0 spiro atoms. The molecule has 10 heteroatoms. The summed E-state index contributed by atoms with van der Waals surface area (Å²) < 4.78 is 10.9. The van der Waals surface area contributed by atoms with E-state index in [-0.39, 0.29) is 5.91 Å². The summed E-state index contributed by atoms with van der Waals surface area (Å²) in [6, 6.07) is 13.5. The largest absolute Gasteiger partial charge is 0.494 e. The highest BCUT2D eigenvalue weighted by atomic mass is 16.5. The van der Waals surface area contributed by atoms with Gasteiger partial charge in [-0.15, -0.1) is 10.2 Å². The highest BCUT2D eigenvalue weighted by Crippen LogP contribution is 2.23. The minimum atomic E-state index is -0.0434. The molecule has 0 radical (unpaired) electrons. The molecule has 0 atom stereocenters. The van der Waals surface area contributed by atoms with E-state index in [1.54, 1.807) is 6.07 Å². The van der Waals surface area contributed by atoms with Crippen molar-refractivity contribution in [2.45, 2.75) is 6.92 Å². The van der Waals surface area contributed by atoms with Crippen molar-refractivity contribution in [3.8, 4) is 17.0 Å². The molecule has 0 bridgehead atoms. The molecule has 1 N–H and O–H groups in total. The summed E-state index contributed by atoms with van der Waals surface area (Å²) in [5.41, 5.74) is 2.16. The predicted octanol–water partition coefficient (Wildman–Crippen LogP) is 2.06. The minimum absolute atomic E-state index is 0.0434. The maximum absolute atomic E-state index is 13.0. The summed E-state index contributed by atoms with van der Waals surface area (Å²) in [6.07, 6.45) is 0. The van der Waals surface area contributed by atoms with E-state index in [4.69, 9.17) is 9.47 Å². The minimum Gasteiger partial charge on any atom is -0.494 e. The summed E-state index contributed by atoms with van der Waals surface area (Å²) in [7, 11) is 0. The Morgan fingerprint density at radius 2 is 1.59 bits per heavy atom. The van der Waals surface area contributed by atoms with Crippen LogP contribution in [0.15, 0.2) is 42.5 Å². The van der Waals surface area contributed by atoms with E-state index in [0.717, 1.165) is 54.9 Å². The van der Waals surface area contributed by atoms with E-state index in [2.05, 4.69) is 30.2 Å². The van der Waals surface area contributed by atoms with Crippen LogP contribution in [0.1, 0.15) is 17.4 Å². The summed E-state index contributed by atoms with van der Waals surface area (Å²) in [4.78, 5) is 19.2. The lowest BCUT2D eigenvalue weighted by molar-refractivity contribution is 0.0740. The van der Waals surface area contributed by atoms with Crippen molar-refractivity contribution in [1.82, 2.24) is 25.3 Å². The van der Waals surface area contributed by atoms with Crippen molar-refractivity contribution in [2.24, 2.45) is 0 Å². The quantitative estimate of drug-likeness (QED) is 0.593. The van der Waals surface area contributed by atoms with Crippen molar-refractivity contribution >= 4 is 17.5 Å². The number of aromatic nitrogens is 4. The Morgan fingerprint density at radius 3 is 2.21 bits per heavy atom. The van der Waals surface area contributed by atoms with Crippen LogP contribution in [-0.2, 0) is 4.74 Å². The lowest BCUT2D eigenvalue weighted by Gasteiger charge is -2.35. The molecule has 2 fully saturated rings. The molecule has 2 aliphatic heterocycles. The molecule has 0 saturated carbocycles. The number of H-pyrrole nitrogens is 1. The number of benzene rings is 1. The first-order chi connectivity index (χ1) is 16.7. The number of hydrogen-bond donors (Lipinski definition) is 1. The van der Waals surface area contributed by atoms with Crippen LogP contribution >= 0.6 is 0 Å². The van der Waals surface area contributed by atoms with Crippen LogP contribution in [0.3, 0.4) is 0 Å². The number of nitrogens with one attached hydrogen (secondary N) is 1. The van der Waals surface area contributed by atoms with Crippen molar-refractivity contribution < 1.29 is 14.3 Å². The molecular weight excluding hydrogens is 434 g/mol. The number of aromatic amines is 1. The van der Waals surface area contributed by atoms with Gasteiger partial charge in [0.05, 0.1) is 25.5 Å². The van der Waals surface area contributed by atoms with Gasteiger partial charge < -0.3 is 24.2 Å². The molecule has 0 aliphatic carbocycles. The zero-order valence-electron chi connectivity index (χ0n) is 19.3. The van der Waals surface area contributed by atoms with Gasteiger partial charge in [-0.3, -0.25) is 9.89 Å². The van der Waals surface area contributed by atoms with E-state index in [0.29, 0.717) is 38.5 Å². The van der Waals surface area contributed by atoms with Gasteiger partial charge in [0.25, 0.3) is 5.91 Å². The Bertz CT molecular complexity index is 1090. The van der Waals surface area contributed by atoms with E-state index in [1.165, 1.54) is 0 Å². The van der Waals surface area contributed by atoms with Gasteiger partial charge in [-0.05, 0) is 49.4 Å². The highest BCUT2D eigenvalue weighted by Gasteiger charge is 2.25. The number of morpholine rings is 1. The summed E-state index contributed by atoms with van der Waals surface area (Å²) in [5.74, 6) is 2.49. The molecule has 2 aliphatic rings. The second kappa shape index (κ2) is 10.1. The van der Waals surface area contributed by atoms with Crippen molar-refractivity contribution in [2.75, 3.05) is 68.9 Å². The number of piperazine rings is 1. The fraction of sp³-hybridized carbons (Fsp3) is 0.417. The van der Waals surface area contributed by atoms with Gasteiger partial charge in [-0.1, -0.05) is 0 Å². The monoisotopic (exact) mass is 463 g/mol. The van der Waals surface area contributed by atoms with Gasteiger partial charge in [0.1, 0.15) is 11.4 Å². The first-order valence-electron chi connectivity index (χ1n) is 11.7. The zero-order valence-corrected chi connectivity index (χ0v) is 19.3. The maximum Gasteiger partial charge on any atom is 0.272 e. The third-order valence-corrected chi connectivity index (χ3v) is 6.13. The van der Waals surface area contributed by atoms with E-state index in [9.17, 15) is 4.79 Å². The third kappa shape index (κ3) is 4.81. The van der Waals surface area contributed by atoms with Crippen LogP contribution < -0.4 is 14.5 Å². The van der Waals surface area contributed by atoms with Gasteiger partial charge in [0.2, 0.25) is 0 Å². The van der Waals surface area contributed by atoms with Crippen LogP contribution in [-0.4, -0.2) is 90.3 Å². The van der Waals surface area contributed by atoms with Gasteiger partial charge in [0.15, 0.2) is 11.6 Å². The zero-order chi connectivity index (χ0) is 23.3. The van der Waals surface area contributed by atoms with Crippen LogP contribution in [0.5, 0.6) is 5.75 Å². The van der Waals surface area contributed by atoms with Gasteiger partial charge >= 0.3 is 0 Å². The molecule has 5 rings (SSSR count). The predicted molar refractivity (Wildman–Crippen MR) is 128 cm³/mol. The number of nitrogens with zero attached hydrogens (tertiary/aromatic N) is 6. The molecule has 2 saturated heterocycles. The number of amides is 1. The first-order valence-corrected chi connectivity index (χ1v) is 11.7. The maximum atomic E-state index is 13.0. The van der Waals surface area contributed by atoms with E-state index < -0.39 is 0 Å². The molecule has 178 valence electrons. The fourth-order valence-electron chi connectivity index (χ4n) is 4.22. The first kappa shape index (κ1) is 22.1. The average molecular weight is 464 g/mol. The Morgan fingerprint density at radius 1 is 0.941 bits per heavy atom. The van der Waals surface area contributed by atoms with Crippen molar-refractivity contribution in [3.05, 3.63) is 48.2 Å². The van der Waals surface area contributed by atoms with Crippen LogP contribution in [0.2, 0.25) is 0 Å². The normalized spacial score (nSPS) is 16.6. The number of hydrogen-bond acceptors (Lipinski definition) is 8. The smallest absolute Gasteiger partial charge is 0.272 e. The number of anilines is 2. The molecule has 1 aromatic carbocycles. The molecule has 4 heterocycles. The topological polar surface area (TPSA) is 99.7 Å². The Labute approximate surface area is 198 Å². The molecule has 34 heavy (non-hydrogen) atoms. The Kier molecular flexibility index (Phi) is 6.57. The average Bonchev–Trinajstić information content (AvgIpc) is 3.40.